The van der Waals surface area contributed by atoms with Crippen LogP contribution < -0.4 is 10.5 Å². The fraction of sp³-hybridized carbons (Fsp3) is 0.647. The summed E-state index contributed by atoms with van der Waals surface area (Å²) in [5.74, 6) is 0.903. The van der Waals surface area contributed by atoms with Crippen LogP contribution in [0.3, 0.4) is 0 Å². The Labute approximate surface area is 131 Å². The minimum absolute atomic E-state index is 0.0807. The number of nitrogens with two attached hydrogens (primary N) is 1. The van der Waals surface area contributed by atoms with Gasteiger partial charge in [-0.05, 0) is 61.3 Å². The molecule has 1 aliphatic carbocycles. The first kappa shape index (κ1) is 15.8. The highest BCUT2D eigenvalue weighted by molar-refractivity contribution is 9.10. The Hall–Kier alpha value is -0.540. The minimum atomic E-state index is -0.0807. The highest BCUT2D eigenvalue weighted by Crippen LogP contribution is 2.39. The third kappa shape index (κ3) is 3.98. The third-order valence-electron chi connectivity index (χ3n) is 4.62. The van der Waals surface area contributed by atoms with Gasteiger partial charge in [0.1, 0.15) is 5.75 Å². The van der Waals surface area contributed by atoms with Crippen molar-refractivity contribution in [2.24, 2.45) is 11.1 Å². The van der Waals surface area contributed by atoms with Crippen molar-refractivity contribution in [2.75, 3.05) is 7.11 Å². The summed E-state index contributed by atoms with van der Waals surface area (Å²) < 4.78 is 6.46. The summed E-state index contributed by atoms with van der Waals surface area (Å²) in [5, 5.41) is 0. The van der Waals surface area contributed by atoms with Gasteiger partial charge in [-0.15, -0.1) is 0 Å². The van der Waals surface area contributed by atoms with E-state index in [2.05, 4.69) is 41.9 Å². The molecule has 2 N–H and O–H groups in total. The second-order valence-electron chi connectivity index (χ2n) is 7.01. The molecule has 0 amide bonds. The normalized spacial score (nSPS) is 26.1. The summed E-state index contributed by atoms with van der Waals surface area (Å²) in [7, 11) is 1.71. The topological polar surface area (TPSA) is 35.2 Å². The van der Waals surface area contributed by atoms with Crippen LogP contribution in [0, 0.1) is 5.41 Å². The van der Waals surface area contributed by atoms with Gasteiger partial charge in [-0.1, -0.05) is 36.2 Å². The second kappa shape index (κ2) is 6.07. The standard InChI is InChI=1S/C17H26BrNO/c1-16(2)7-4-8-17(19,10-9-16)12-13-11-14(20-3)5-6-15(13)18/h5-6,11H,4,7-10,12,19H2,1-3H3. The van der Waals surface area contributed by atoms with E-state index < -0.39 is 0 Å². The molecule has 1 atom stereocenters. The van der Waals surface area contributed by atoms with Crippen LogP contribution in [-0.4, -0.2) is 12.6 Å². The number of hydrogen-bond donors (Lipinski definition) is 1. The van der Waals surface area contributed by atoms with Gasteiger partial charge < -0.3 is 10.5 Å². The molecule has 1 unspecified atom stereocenters. The molecule has 0 aromatic heterocycles. The number of halogens is 1. The van der Waals surface area contributed by atoms with Crippen LogP contribution >= 0.6 is 15.9 Å². The molecule has 1 aromatic carbocycles. The smallest absolute Gasteiger partial charge is 0.119 e. The molecule has 0 spiro atoms. The van der Waals surface area contributed by atoms with Crippen molar-refractivity contribution < 1.29 is 4.74 Å². The molecule has 0 aliphatic heterocycles. The molecular formula is C17H26BrNO. The lowest BCUT2D eigenvalue weighted by Gasteiger charge is -2.30. The maximum absolute atomic E-state index is 6.71. The van der Waals surface area contributed by atoms with E-state index in [4.69, 9.17) is 10.5 Å². The van der Waals surface area contributed by atoms with E-state index in [1.165, 1.54) is 24.8 Å². The van der Waals surface area contributed by atoms with Crippen LogP contribution in [0.4, 0.5) is 0 Å². The molecule has 112 valence electrons. The van der Waals surface area contributed by atoms with Crippen LogP contribution in [0.25, 0.3) is 0 Å². The Morgan fingerprint density at radius 3 is 2.65 bits per heavy atom. The van der Waals surface area contributed by atoms with Crippen molar-refractivity contribution >= 4 is 15.9 Å². The van der Waals surface area contributed by atoms with Gasteiger partial charge in [-0.25, -0.2) is 0 Å². The van der Waals surface area contributed by atoms with E-state index in [-0.39, 0.29) is 5.54 Å². The van der Waals surface area contributed by atoms with Gasteiger partial charge in [0, 0.05) is 10.0 Å². The molecule has 3 heteroatoms. The quantitative estimate of drug-likeness (QED) is 0.811. The Kier molecular flexibility index (Phi) is 4.80. The molecule has 1 aromatic rings. The predicted octanol–water partition coefficient (Wildman–Crippen LogP) is 4.69. The van der Waals surface area contributed by atoms with Crippen molar-refractivity contribution in [3.05, 3.63) is 28.2 Å². The van der Waals surface area contributed by atoms with Crippen LogP contribution in [0.5, 0.6) is 5.75 Å². The van der Waals surface area contributed by atoms with Gasteiger partial charge in [-0.2, -0.15) is 0 Å². The van der Waals surface area contributed by atoms with Crippen LogP contribution in [0.15, 0.2) is 22.7 Å². The van der Waals surface area contributed by atoms with Crippen LogP contribution in [-0.2, 0) is 6.42 Å². The maximum atomic E-state index is 6.71. The first-order chi connectivity index (χ1) is 9.34. The number of rotatable bonds is 3. The van der Waals surface area contributed by atoms with Gasteiger partial charge in [-0.3, -0.25) is 0 Å². The molecule has 1 fully saturated rings. The highest BCUT2D eigenvalue weighted by Gasteiger charge is 2.33. The van der Waals surface area contributed by atoms with Crippen LogP contribution in [0.2, 0.25) is 0 Å². The lowest BCUT2D eigenvalue weighted by molar-refractivity contribution is 0.297. The highest BCUT2D eigenvalue weighted by atomic mass is 79.9. The zero-order valence-corrected chi connectivity index (χ0v) is 14.4. The molecule has 0 radical (unpaired) electrons. The molecule has 20 heavy (non-hydrogen) atoms. The van der Waals surface area contributed by atoms with Crippen molar-refractivity contribution in [3.63, 3.8) is 0 Å². The average molecular weight is 340 g/mol. The molecule has 1 aliphatic rings. The Balaban J connectivity index is 2.15. The van der Waals surface area contributed by atoms with Gasteiger partial charge in [0.2, 0.25) is 0 Å². The van der Waals surface area contributed by atoms with Gasteiger partial charge >= 0.3 is 0 Å². The van der Waals surface area contributed by atoms with Gasteiger partial charge in [0.15, 0.2) is 0 Å². The van der Waals surface area contributed by atoms with E-state index in [1.807, 2.05) is 6.07 Å². The molecule has 0 heterocycles. The zero-order valence-electron chi connectivity index (χ0n) is 12.8. The molecule has 0 saturated heterocycles. The monoisotopic (exact) mass is 339 g/mol. The maximum Gasteiger partial charge on any atom is 0.119 e. The SMILES string of the molecule is COc1ccc(Br)c(CC2(N)CCCC(C)(C)CC2)c1. The molecule has 0 bridgehead atoms. The van der Waals surface area contributed by atoms with Crippen molar-refractivity contribution in [2.45, 2.75) is 57.9 Å². The Morgan fingerprint density at radius 1 is 1.20 bits per heavy atom. The fourth-order valence-electron chi connectivity index (χ4n) is 3.13. The average Bonchev–Trinajstić information content (AvgIpc) is 2.52. The number of hydrogen-bond acceptors (Lipinski definition) is 2. The summed E-state index contributed by atoms with van der Waals surface area (Å²) >= 11 is 3.64. The number of methoxy groups -OCH3 is 1. The van der Waals surface area contributed by atoms with E-state index >= 15 is 0 Å². The molecular weight excluding hydrogens is 314 g/mol. The van der Waals surface area contributed by atoms with Gasteiger partial charge in [0.05, 0.1) is 7.11 Å². The van der Waals surface area contributed by atoms with Gasteiger partial charge in [0.25, 0.3) is 0 Å². The molecule has 2 rings (SSSR count). The lowest BCUT2D eigenvalue weighted by atomic mass is 9.81. The summed E-state index contributed by atoms with van der Waals surface area (Å²) in [4.78, 5) is 0. The summed E-state index contributed by atoms with van der Waals surface area (Å²) in [6.07, 6.45) is 6.85. The van der Waals surface area contributed by atoms with Crippen molar-refractivity contribution in [3.8, 4) is 5.75 Å². The largest absolute Gasteiger partial charge is 0.497 e. The minimum Gasteiger partial charge on any atom is -0.497 e. The van der Waals surface area contributed by atoms with Crippen molar-refractivity contribution in [1.29, 1.82) is 0 Å². The first-order valence-electron chi connectivity index (χ1n) is 7.45. The Morgan fingerprint density at radius 2 is 1.95 bits per heavy atom. The van der Waals surface area contributed by atoms with Crippen molar-refractivity contribution in [1.82, 2.24) is 0 Å². The predicted molar refractivity (Wildman–Crippen MR) is 88.2 cm³/mol. The van der Waals surface area contributed by atoms with E-state index in [0.29, 0.717) is 5.41 Å². The Bertz CT molecular complexity index is 472. The lowest BCUT2D eigenvalue weighted by Crippen LogP contribution is -2.41. The van der Waals surface area contributed by atoms with E-state index in [1.54, 1.807) is 7.11 Å². The second-order valence-corrected chi connectivity index (χ2v) is 7.87. The number of benzene rings is 1. The molecule has 1 saturated carbocycles. The summed E-state index contributed by atoms with van der Waals surface area (Å²) in [5.41, 5.74) is 8.32. The van der Waals surface area contributed by atoms with E-state index in [9.17, 15) is 0 Å². The van der Waals surface area contributed by atoms with Crippen LogP contribution in [0.1, 0.15) is 51.5 Å². The first-order valence-corrected chi connectivity index (χ1v) is 8.24. The summed E-state index contributed by atoms with van der Waals surface area (Å²) in [6.45, 7) is 4.72. The zero-order chi connectivity index (χ0) is 14.8. The fourth-order valence-corrected chi connectivity index (χ4v) is 3.51. The summed E-state index contributed by atoms with van der Waals surface area (Å²) in [6, 6.07) is 6.14. The molecule has 2 nitrogen and oxygen atoms in total. The third-order valence-corrected chi connectivity index (χ3v) is 5.40. The number of ether oxygens (including phenoxy) is 1. The van der Waals surface area contributed by atoms with E-state index in [0.717, 1.165) is 29.5 Å².